The number of amides is 1. The standard InChI is InChI=1S/C19H17NO/c1-4-15(14-10-6-5-7-11-14)19(2)16-12-8-9-13-17(16)20(3)18(19)21/h1,5-13,15H,2-3H3. The Morgan fingerprint density at radius 3 is 2.38 bits per heavy atom. The second kappa shape index (κ2) is 4.79. The SMILES string of the molecule is C#CC(c1ccccc1)C1(C)C(=O)N(C)c2ccccc21. The minimum atomic E-state index is -0.721. The molecule has 21 heavy (non-hydrogen) atoms. The lowest BCUT2D eigenvalue weighted by Crippen LogP contribution is -2.40. The van der Waals surface area contributed by atoms with Gasteiger partial charge in [0.05, 0.1) is 11.3 Å². The topological polar surface area (TPSA) is 20.3 Å². The Morgan fingerprint density at radius 1 is 1.10 bits per heavy atom. The van der Waals surface area contributed by atoms with Crippen LogP contribution >= 0.6 is 0 Å². The highest BCUT2D eigenvalue weighted by atomic mass is 16.2. The summed E-state index contributed by atoms with van der Waals surface area (Å²) < 4.78 is 0. The molecule has 0 spiro atoms. The molecule has 2 nitrogen and oxygen atoms in total. The number of fused-ring (bicyclic) bond motifs is 1. The van der Waals surface area contributed by atoms with E-state index in [0.717, 1.165) is 16.8 Å². The maximum atomic E-state index is 12.9. The summed E-state index contributed by atoms with van der Waals surface area (Å²) in [6, 6.07) is 17.7. The molecule has 2 atom stereocenters. The molecule has 0 saturated carbocycles. The molecule has 104 valence electrons. The molecule has 1 aliphatic rings. The minimum absolute atomic E-state index is 0.0514. The van der Waals surface area contributed by atoms with Crippen molar-refractivity contribution >= 4 is 11.6 Å². The van der Waals surface area contributed by atoms with Gasteiger partial charge in [-0.25, -0.2) is 0 Å². The van der Waals surface area contributed by atoms with Gasteiger partial charge in [0, 0.05) is 12.7 Å². The van der Waals surface area contributed by atoms with Gasteiger partial charge >= 0.3 is 0 Å². The Hall–Kier alpha value is -2.53. The summed E-state index contributed by atoms with van der Waals surface area (Å²) in [7, 11) is 1.81. The zero-order chi connectivity index (χ0) is 15.0. The molecule has 0 N–H and O–H groups in total. The Bertz CT molecular complexity index is 729. The maximum Gasteiger partial charge on any atom is 0.238 e. The van der Waals surface area contributed by atoms with Crippen LogP contribution in [0.25, 0.3) is 0 Å². The molecule has 2 unspecified atom stereocenters. The predicted octanol–water partition coefficient (Wildman–Crippen LogP) is 3.34. The van der Waals surface area contributed by atoms with Crippen molar-refractivity contribution in [3.8, 4) is 12.3 Å². The van der Waals surface area contributed by atoms with Crippen LogP contribution in [0, 0.1) is 12.3 Å². The lowest BCUT2D eigenvalue weighted by Gasteiger charge is -2.30. The van der Waals surface area contributed by atoms with Gasteiger partial charge in [-0.3, -0.25) is 4.79 Å². The quantitative estimate of drug-likeness (QED) is 0.770. The average Bonchev–Trinajstić information content (AvgIpc) is 2.72. The molecular formula is C19H17NO. The molecule has 0 bridgehead atoms. The first-order valence-corrected chi connectivity index (χ1v) is 6.99. The first kappa shape index (κ1) is 13.5. The number of carbonyl (C=O) groups is 1. The third-order valence-corrected chi connectivity index (χ3v) is 4.45. The first-order valence-electron chi connectivity index (χ1n) is 6.99. The van der Waals surface area contributed by atoms with Crippen molar-refractivity contribution in [3.63, 3.8) is 0 Å². The molecule has 0 radical (unpaired) electrons. The van der Waals surface area contributed by atoms with Gasteiger partial charge in [-0.1, -0.05) is 54.5 Å². The van der Waals surface area contributed by atoms with Crippen molar-refractivity contribution in [1.29, 1.82) is 0 Å². The molecule has 1 amide bonds. The highest BCUT2D eigenvalue weighted by Crippen LogP contribution is 2.48. The number of carbonyl (C=O) groups excluding carboxylic acids is 1. The molecule has 0 saturated heterocycles. The first-order chi connectivity index (χ1) is 10.1. The summed E-state index contributed by atoms with van der Waals surface area (Å²) in [6.45, 7) is 1.95. The molecule has 2 heteroatoms. The van der Waals surface area contributed by atoms with Crippen molar-refractivity contribution in [2.24, 2.45) is 0 Å². The fourth-order valence-electron chi connectivity index (χ4n) is 3.30. The largest absolute Gasteiger partial charge is 0.314 e. The highest BCUT2D eigenvalue weighted by molar-refractivity contribution is 6.08. The Morgan fingerprint density at radius 2 is 1.71 bits per heavy atom. The van der Waals surface area contributed by atoms with Crippen molar-refractivity contribution in [3.05, 3.63) is 65.7 Å². The van der Waals surface area contributed by atoms with E-state index in [-0.39, 0.29) is 11.8 Å². The van der Waals surface area contributed by atoms with E-state index >= 15 is 0 Å². The van der Waals surface area contributed by atoms with Gasteiger partial charge in [0.15, 0.2) is 0 Å². The van der Waals surface area contributed by atoms with E-state index in [1.54, 1.807) is 4.90 Å². The molecule has 0 fully saturated rings. The molecule has 3 rings (SSSR count). The molecule has 0 aromatic heterocycles. The van der Waals surface area contributed by atoms with E-state index in [9.17, 15) is 4.79 Å². The summed E-state index contributed by atoms with van der Waals surface area (Å²) in [6.07, 6.45) is 5.81. The van der Waals surface area contributed by atoms with Gasteiger partial charge in [0.1, 0.15) is 0 Å². The minimum Gasteiger partial charge on any atom is -0.314 e. The highest BCUT2D eigenvalue weighted by Gasteiger charge is 2.51. The van der Waals surface area contributed by atoms with E-state index in [2.05, 4.69) is 5.92 Å². The van der Waals surface area contributed by atoms with Gasteiger partial charge in [0.2, 0.25) is 5.91 Å². The second-order valence-corrected chi connectivity index (χ2v) is 5.59. The molecule has 2 aromatic rings. The number of anilines is 1. The van der Waals surface area contributed by atoms with Crippen LogP contribution < -0.4 is 4.90 Å². The summed E-state index contributed by atoms with van der Waals surface area (Å²) in [5.41, 5.74) is 2.23. The monoisotopic (exact) mass is 275 g/mol. The van der Waals surface area contributed by atoms with Crippen molar-refractivity contribution < 1.29 is 4.79 Å². The van der Waals surface area contributed by atoms with Crippen LogP contribution in [-0.4, -0.2) is 13.0 Å². The third kappa shape index (κ3) is 1.78. The summed E-state index contributed by atoms with van der Waals surface area (Å²) in [5, 5.41) is 0. The van der Waals surface area contributed by atoms with Gasteiger partial charge < -0.3 is 4.90 Å². The second-order valence-electron chi connectivity index (χ2n) is 5.59. The normalized spacial score (nSPS) is 21.8. The van der Waals surface area contributed by atoms with Crippen LogP contribution in [0.2, 0.25) is 0 Å². The van der Waals surface area contributed by atoms with E-state index in [4.69, 9.17) is 6.42 Å². The maximum absolute atomic E-state index is 12.9. The van der Waals surface area contributed by atoms with Crippen LogP contribution in [0.15, 0.2) is 54.6 Å². The number of likely N-dealkylation sites (N-methyl/N-ethyl adjacent to an activating group) is 1. The zero-order valence-electron chi connectivity index (χ0n) is 12.2. The number of nitrogens with zero attached hydrogens (tertiary/aromatic N) is 1. The number of hydrogen-bond acceptors (Lipinski definition) is 1. The van der Waals surface area contributed by atoms with Gasteiger partial charge in [-0.15, -0.1) is 6.42 Å². The van der Waals surface area contributed by atoms with Crippen LogP contribution in [0.1, 0.15) is 24.0 Å². The molecule has 2 aromatic carbocycles. The van der Waals surface area contributed by atoms with Crippen LogP contribution in [-0.2, 0) is 10.2 Å². The molecule has 1 heterocycles. The van der Waals surface area contributed by atoms with Crippen molar-refractivity contribution in [1.82, 2.24) is 0 Å². The van der Waals surface area contributed by atoms with Gasteiger partial charge in [0.25, 0.3) is 0 Å². The number of hydrogen-bond donors (Lipinski definition) is 0. The smallest absolute Gasteiger partial charge is 0.238 e. The lowest BCUT2D eigenvalue weighted by molar-refractivity contribution is -0.122. The van der Waals surface area contributed by atoms with E-state index in [0.29, 0.717) is 0 Å². The van der Waals surface area contributed by atoms with Crippen molar-refractivity contribution in [2.45, 2.75) is 18.3 Å². The number of para-hydroxylation sites is 1. The van der Waals surface area contributed by atoms with Crippen LogP contribution in [0.3, 0.4) is 0 Å². The third-order valence-electron chi connectivity index (χ3n) is 4.45. The predicted molar refractivity (Wildman–Crippen MR) is 85.2 cm³/mol. The van der Waals surface area contributed by atoms with E-state index in [1.165, 1.54) is 0 Å². The lowest BCUT2D eigenvalue weighted by atomic mass is 9.70. The van der Waals surface area contributed by atoms with Crippen LogP contribution in [0.5, 0.6) is 0 Å². The Balaban J connectivity index is 2.20. The zero-order valence-corrected chi connectivity index (χ0v) is 12.2. The Kier molecular flexibility index (Phi) is 3.07. The van der Waals surface area contributed by atoms with Crippen LogP contribution in [0.4, 0.5) is 5.69 Å². The van der Waals surface area contributed by atoms with Crippen molar-refractivity contribution in [2.75, 3.05) is 11.9 Å². The fraction of sp³-hybridized carbons (Fsp3) is 0.211. The van der Waals surface area contributed by atoms with E-state index < -0.39 is 5.41 Å². The molecular weight excluding hydrogens is 258 g/mol. The summed E-state index contributed by atoms with van der Waals surface area (Å²) in [5.74, 6) is 2.62. The molecule has 0 aliphatic carbocycles. The Labute approximate surface area is 125 Å². The summed E-state index contributed by atoms with van der Waals surface area (Å²) >= 11 is 0. The molecule has 1 aliphatic heterocycles. The fourth-order valence-corrected chi connectivity index (χ4v) is 3.30. The van der Waals surface area contributed by atoms with E-state index in [1.807, 2.05) is 68.6 Å². The number of terminal acetylenes is 1. The summed E-state index contributed by atoms with van der Waals surface area (Å²) in [4.78, 5) is 14.6. The number of rotatable bonds is 2. The number of benzene rings is 2. The average molecular weight is 275 g/mol. The van der Waals surface area contributed by atoms with Gasteiger partial charge in [-0.2, -0.15) is 0 Å². The van der Waals surface area contributed by atoms with Gasteiger partial charge in [-0.05, 0) is 24.1 Å².